The molecule has 1 aromatic carbocycles. The minimum Gasteiger partial charge on any atom is -0.327 e. The Morgan fingerprint density at radius 2 is 2.20 bits per heavy atom. The lowest BCUT2D eigenvalue weighted by atomic mass is 9.95. The second-order valence-electron chi connectivity index (χ2n) is 5.19. The predicted molar refractivity (Wildman–Crippen MR) is 88.2 cm³/mol. The van der Waals surface area contributed by atoms with Crippen LogP contribution in [0.5, 0.6) is 0 Å². The Morgan fingerprint density at radius 1 is 1.50 bits per heavy atom. The number of nitrogens with zero attached hydrogens (tertiary/aromatic N) is 1. The summed E-state index contributed by atoms with van der Waals surface area (Å²) in [5.74, 6) is 0.472. The van der Waals surface area contributed by atoms with Crippen LogP contribution >= 0.6 is 28.3 Å². The number of nitrogens with one attached hydrogen (secondary N) is 1. The third kappa shape index (κ3) is 4.74. The maximum Gasteiger partial charge on any atom is 0.238 e. The quantitative estimate of drug-likeness (QED) is 0.868. The number of likely N-dealkylation sites (tertiary alicyclic amines) is 1. The van der Waals surface area contributed by atoms with Crippen molar-refractivity contribution < 1.29 is 4.79 Å². The van der Waals surface area contributed by atoms with Gasteiger partial charge in [0.1, 0.15) is 0 Å². The lowest BCUT2D eigenvalue weighted by molar-refractivity contribution is -0.117. The molecule has 2 atom stereocenters. The summed E-state index contributed by atoms with van der Waals surface area (Å²) in [5, 5.41) is 2.92. The van der Waals surface area contributed by atoms with E-state index in [1.165, 1.54) is 0 Å². The van der Waals surface area contributed by atoms with Crippen LogP contribution in [0.2, 0.25) is 0 Å². The normalized spacial score (nSPS) is 22.9. The van der Waals surface area contributed by atoms with Crippen LogP contribution in [0.25, 0.3) is 0 Å². The van der Waals surface area contributed by atoms with E-state index in [2.05, 4.69) is 33.1 Å². The zero-order chi connectivity index (χ0) is 13.8. The van der Waals surface area contributed by atoms with Crippen molar-refractivity contribution in [2.24, 2.45) is 11.7 Å². The molecular formula is C14H21BrClN3O. The summed E-state index contributed by atoms with van der Waals surface area (Å²) in [7, 11) is 0. The fraction of sp³-hybridized carbons (Fsp3) is 0.500. The molecule has 6 heteroatoms. The molecule has 1 aliphatic rings. The smallest absolute Gasteiger partial charge is 0.238 e. The highest BCUT2D eigenvalue weighted by atomic mass is 79.9. The Balaban J connectivity index is 0.00000200. The highest BCUT2D eigenvalue weighted by Gasteiger charge is 2.24. The Labute approximate surface area is 134 Å². The maximum absolute atomic E-state index is 12.0. The lowest BCUT2D eigenvalue weighted by Gasteiger charge is -2.34. The molecule has 0 aliphatic carbocycles. The average Bonchev–Trinajstić information content (AvgIpc) is 2.37. The third-order valence-corrected chi connectivity index (χ3v) is 4.26. The number of rotatable bonds is 3. The molecule has 0 saturated carbocycles. The molecule has 1 heterocycles. The third-order valence-electron chi connectivity index (χ3n) is 3.57. The van der Waals surface area contributed by atoms with Crippen molar-refractivity contribution in [1.82, 2.24) is 4.90 Å². The summed E-state index contributed by atoms with van der Waals surface area (Å²) in [6.07, 6.45) is 0.962. The molecule has 1 amide bonds. The minimum absolute atomic E-state index is 0. The minimum atomic E-state index is 0. The van der Waals surface area contributed by atoms with Gasteiger partial charge in [0.2, 0.25) is 5.91 Å². The van der Waals surface area contributed by atoms with Crippen molar-refractivity contribution in [3.05, 3.63) is 28.7 Å². The van der Waals surface area contributed by atoms with Crippen LogP contribution in [0.15, 0.2) is 28.7 Å². The molecule has 2 rings (SSSR count). The molecule has 1 saturated heterocycles. The summed E-state index contributed by atoms with van der Waals surface area (Å²) in [5.41, 5.74) is 6.80. The van der Waals surface area contributed by atoms with Crippen LogP contribution in [-0.4, -0.2) is 36.5 Å². The molecule has 0 aromatic heterocycles. The summed E-state index contributed by atoms with van der Waals surface area (Å²) in [4.78, 5) is 14.2. The number of benzene rings is 1. The fourth-order valence-corrected chi connectivity index (χ4v) is 2.73. The van der Waals surface area contributed by atoms with E-state index >= 15 is 0 Å². The summed E-state index contributed by atoms with van der Waals surface area (Å²) >= 11 is 3.42. The maximum atomic E-state index is 12.0. The van der Waals surface area contributed by atoms with Crippen molar-refractivity contribution in [2.45, 2.75) is 19.4 Å². The molecule has 1 aromatic rings. The number of hydrogen-bond donors (Lipinski definition) is 2. The van der Waals surface area contributed by atoms with Crippen molar-refractivity contribution in [3.63, 3.8) is 0 Å². The number of halogens is 2. The molecule has 0 radical (unpaired) electrons. The van der Waals surface area contributed by atoms with E-state index in [0.29, 0.717) is 12.5 Å². The Morgan fingerprint density at radius 3 is 2.85 bits per heavy atom. The van der Waals surface area contributed by atoms with Gasteiger partial charge in [-0.05, 0) is 40.4 Å². The van der Waals surface area contributed by atoms with Gasteiger partial charge in [0.25, 0.3) is 0 Å². The van der Waals surface area contributed by atoms with Crippen LogP contribution in [0.4, 0.5) is 5.69 Å². The molecule has 0 bridgehead atoms. The van der Waals surface area contributed by atoms with Crippen LogP contribution in [-0.2, 0) is 4.79 Å². The van der Waals surface area contributed by atoms with Crippen molar-refractivity contribution in [3.8, 4) is 0 Å². The number of nitrogens with two attached hydrogens (primary N) is 1. The van der Waals surface area contributed by atoms with Crippen LogP contribution in [0, 0.1) is 5.92 Å². The standard InChI is InChI=1S/C14H20BrN3O.ClH/c1-10-8-18(7-6-12(10)16)9-14(19)17-13-5-3-2-4-11(13)15;/h2-5,10,12H,6-9,16H2,1H3,(H,17,19);1H. The molecule has 1 aliphatic heterocycles. The predicted octanol–water partition coefficient (Wildman–Crippen LogP) is 2.48. The second kappa shape index (κ2) is 7.98. The first kappa shape index (κ1) is 17.4. The number of carbonyl (C=O) groups is 1. The molecular weight excluding hydrogens is 342 g/mol. The summed E-state index contributed by atoms with van der Waals surface area (Å²) < 4.78 is 0.900. The van der Waals surface area contributed by atoms with Gasteiger partial charge in [-0.15, -0.1) is 12.4 Å². The van der Waals surface area contributed by atoms with Crippen molar-refractivity contribution >= 4 is 39.9 Å². The molecule has 4 nitrogen and oxygen atoms in total. The first-order chi connectivity index (χ1) is 9.06. The van der Waals surface area contributed by atoms with E-state index in [1.807, 2.05) is 24.3 Å². The summed E-state index contributed by atoms with van der Waals surface area (Å²) in [6, 6.07) is 7.90. The number of piperidine rings is 1. The zero-order valence-corrected chi connectivity index (χ0v) is 13.9. The Kier molecular flexibility index (Phi) is 6.95. The van der Waals surface area contributed by atoms with E-state index in [-0.39, 0.29) is 24.4 Å². The van der Waals surface area contributed by atoms with Gasteiger partial charge in [0, 0.05) is 23.6 Å². The van der Waals surface area contributed by atoms with Gasteiger partial charge in [0.15, 0.2) is 0 Å². The molecule has 3 N–H and O–H groups in total. The van der Waals surface area contributed by atoms with Crippen LogP contribution in [0.3, 0.4) is 0 Å². The SMILES string of the molecule is CC1CN(CC(=O)Nc2ccccc2Br)CCC1N.Cl. The van der Waals surface area contributed by atoms with Crippen molar-refractivity contribution in [1.29, 1.82) is 0 Å². The second-order valence-corrected chi connectivity index (χ2v) is 6.05. The Hall–Kier alpha value is -0.620. The van der Waals surface area contributed by atoms with Crippen molar-refractivity contribution in [2.75, 3.05) is 25.0 Å². The van der Waals surface area contributed by atoms with E-state index in [4.69, 9.17) is 5.73 Å². The summed E-state index contributed by atoms with van der Waals surface area (Å²) in [6.45, 7) is 4.36. The van der Waals surface area contributed by atoms with Gasteiger partial charge < -0.3 is 11.1 Å². The van der Waals surface area contributed by atoms with Gasteiger partial charge >= 0.3 is 0 Å². The molecule has 112 valence electrons. The molecule has 1 fully saturated rings. The van der Waals surface area contributed by atoms with Gasteiger partial charge in [-0.3, -0.25) is 9.69 Å². The monoisotopic (exact) mass is 361 g/mol. The van der Waals surface area contributed by atoms with E-state index < -0.39 is 0 Å². The Bertz CT molecular complexity index is 458. The van der Waals surface area contributed by atoms with E-state index in [9.17, 15) is 4.79 Å². The highest BCUT2D eigenvalue weighted by molar-refractivity contribution is 9.10. The highest BCUT2D eigenvalue weighted by Crippen LogP contribution is 2.21. The molecule has 20 heavy (non-hydrogen) atoms. The first-order valence-electron chi connectivity index (χ1n) is 6.58. The van der Waals surface area contributed by atoms with Crippen LogP contribution < -0.4 is 11.1 Å². The fourth-order valence-electron chi connectivity index (χ4n) is 2.35. The number of para-hydroxylation sites is 1. The average molecular weight is 363 g/mol. The zero-order valence-electron chi connectivity index (χ0n) is 11.5. The number of carbonyl (C=O) groups excluding carboxylic acids is 1. The van der Waals surface area contributed by atoms with Crippen LogP contribution in [0.1, 0.15) is 13.3 Å². The molecule has 2 unspecified atom stereocenters. The molecule has 0 spiro atoms. The number of hydrogen-bond acceptors (Lipinski definition) is 3. The number of anilines is 1. The van der Waals surface area contributed by atoms with Gasteiger partial charge in [-0.2, -0.15) is 0 Å². The van der Waals surface area contributed by atoms with Gasteiger partial charge in [0.05, 0.1) is 12.2 Å². The van der Waals surface area contributed by atoms with Gasteiger partial charge in [-0.25, -0.2) is 0 Å². The lowest BCUT2D eigenvalue weighted by Crippen LogP contribution is -2.48. The van der Waals surface area contributed by atoms with E-state index in [1.54, 1.807) is 0 Å². The topological polar surface area (TPSA) is 58.4 Å². The largest absolute Gasteiger partial charge is 0.327 e. The first-order valence-corrected chi connectivity index (χ1v) is 7.38. The van der Waals surface area contributed by atoms with Gasteiger partial charge in [-0.1, -0.05) is 19.1 Å². The van der Waals surface area contributed by atoms with E-state index in [0.717, 1.165) is 29.7 Å². The number of amides is 1.